The van der Waals surface area contributed by atoms with E-state index >= 15 is 0 Å². The van der Waals surface area contributed by atoms with Crippen LogP contribution in [0.2, 0.25) is 0 Å². The minimum absolute atomic E-state index is 1.11. The predicted molar refractivity (Wildman–Crippen MR) is 241 cm³/mol. The molecule has 0 aliphatic carbocycles. The van der Waals surface area contributed by atoms with Gasteiger partial charge in [-0.3, -0.25) is 0 Å². The average molecular weight is 728 g/mol. The molecule has 0 saturated heterocycles. The van der Waals surface area contributed by atoms with Gasteiger partial charge < -0.3 is 14.0 Å². The molecule has 0 saturated carbocycles. The van der Waals surface area contributed by atoms with E-state index in [4.69, 9.17) is 0 Å². The van der Waals surface area contributed by atoms with E-state index in [2.05, 4.69) is 238 Å². The summed E-state index contributed by atoms with van der Waals surface area (Å²) in [6.07, 6.45) is 0. The largest absolute Gasteiger partial charge is 0.311 e. The van der Waals surface area contributed by atoms with Gasteiger partial charge in [-0.25, -0.2) is 0 Å². The van der Waals surface area contributed by atoms with Gasteiger partial charge in [0.2, 0.25) is 0 Å². The molecule has 0 unspecified atom stereocenters. The Balaban J connectivity index is 1.10. The van der Waals surface area contributed by atoms with Gasteiger partial charge in [0.1, 0.15) is 0 Å². The number of para-hydroxylation sites is 6. The Labute approximate surface area is 331 Å². The summed E-state index contributed by atoms with van der Waals surface area (Å²) in [7, 11) is 0. The Morgan fingerprint density at radius 3 is 1.26 bits per heavy atom. The summed E-state index contributed by atoms with van der Waals surface area (Å²) in [5, 5.41) is 4.99. The number of aromatic nitrogens is 2. The minimum Gasteiger partial charge on any atom is -0.311 e. The highest BCUT2D eigenvalue weighted by atomic mass is 15.1. The molecule has 57 heavy (non-hydrogen) atoms. The molecule has 11 aromatic rings. The van der Waals surface area contributed by atoms with Crippen molar-refractivity contribution in [3.05, 3.63) is 224 Å². The summed E-state index contributed by atoms with van der Waals surface area (Å²) >= 11 is 0. The van der Waals surface area contributed by atoms with Gasteiger partial charge in [0.25, 0.3) is 0 Å². The highest BCUT2D eigenvalue weighted by molar-refractivity contribution is 6.15. The minimum atomic E-state index is 1.11. The molecule has 0 aliphatic rings. The maximum atomic E-state index is 2.44. The van der Waals surface area contributed by atoms with Crippen molar-refractivity contribution in [2.24, 2.45) is 0 Å². The van der Waals surface area contributed by atoms with E-state index in [1.807, 2.05) is 0 Å². The summed E-state index contributed by atoms with van der Waals surface area (Å²) in [6, 6.07) is 81.0. The molecule has 2 aromatic heterocycles. The zero-order valence-electron chi connectivity index (χ0n) is 31.2. The number of fused-ring (bicyclic) bond motifs is 6. The van der Waals surface area contributed by atoms with Crippen LogP contribution in [-0.4, -0.2) is 9.13 Å². The number of nitrogens with zero attached hydrogens (tertiary/aromatic N) is 3. The topological polar surface area (TPSA) is 13.1 Å². The summed E-state index contributed by atoms with van der Waals surface area (Å²) in [5.74, 6) is 0. The van der Waals surface area contributed by atoms with Gasteiger partial charge in [-0.2, -0.15) is 0 Å². The Morgan fingerprint density at radius 2 is 0.702 bits per heavy atom. The molecule has 11 rings (SSSR count). The standard InChI is InChI=1S/C54H37N3/c1-4-16-41(17-5-1)55(42-18-6-2-7-19-42)44-32-28-38(29-33-44)40-36-49(54-50(37-40)48-24-12-15-27-53(48)57(54)43-20-8-3-9-21-43)39-30-34-45(35-31-39)56-51-25-13-10-22-46(51)47-23-11-14-26-52(47)56/h1-37H. The summed E-state index contributed by atoms with van der Waals surface area (Å²) < 4.78 is 4.82. The lowest BCUT2D eigenvalue weighted by atomic mass is 9.95. The molecular weight excluding hydrogens is 691 g/mol. The smallest absolute Gasteiger partial charge is 0.0619 e. The first-order valence-corrected chi connectivity index (χ1v) is 19.5. The predicted octanol–water partition coefficient (Wildman–Crippen LogP) is 14.7. The first-order chi connectivity index (χ1) is 28.3. The molecule has 268 valence electrons. The fourth-order valence-corrected chi connectivity index (χ4v) is 8.72. The average Bonchev–Trinajstić information content (AvgIpc) is 3.81. The first kappa shape index (κ1) is 32.8. The van der Waals surface area contributed by atoms with Crippen molar-refractivity contribution in [1.29, 1.82) is 0 Å². The van der Waals surface area contributed by atoms with E-state index in [-0.39, 0.29) is 0 Å². The number of anilines is 3. The van der Waals surface area contributed by atoms with E-state index in [1.165, 1.54) is 65.9 Å². The van der Waals surface area contributed by atoms with Crippen molar-refractivity contribution >= 4 is 60.7 Å². The van der Waals surface area contributed by atoms with Gasteiger partial charge in [0, 0.05) is 55.5 Å². The van der Waals surface area contributed by atoms with E-state index in [0.29, 0.717) is 0 Å². The second kappa shape index (κ2) is 13.6. The van der Waals surface area contributed by atoms with Gasteiger partial charge in [0.05, 0.1) is 22.1 Å². The highest BCUT2D eigenvalue weighted by Crippen LogP contribution is 2.43. The summed E-state index contributed by atoms with van der Waals surface area (Å²) in [4.78, 5) is 2.31. The molecule has 0 aliphatic heterocycles. The quantitative estimate of drug-likeness (QED) is 0.159. The number of hydrogen-bond acceptors (Lipinski definition) is 1. The Hall–Kier alpha value is -7.62. The summed E-state index contributed by atoms with van der Waals surface area (Å²) in [5.41, 5.74) is 15.2. The van der Waals surface area contributed by atoms with Crippen molar-refractivity contribution in [2.45, 2.75) is 0 Å². The van der Waals surface area contributed by atoms with E-state index in [1.54, 1.807) is 0 Å². The van der Waals surface area contributed by atoms with Crippen LogP contribution in [0.3, 0.4) is 0 Å². The zero-order valence-corrected chi connectivity index (χ0v) is 31.2. The third-order valence-electron chi connectivity index (χ3n) is 11.3. The number of hydrogen-bond donors (Lipinski definition) is 0. The first-order valence-electron chi connectivity index (χ1n) is 19.5. The normalized spacial score (nSPS) is 11.5. The Morgan fingerprint density at radius 1 is 0.281 bits per heavy atom. The lowest BCUT2D eigenvalue weighted by Gasteiger charge is -2.25. The monoisotopic (exact) mass is 727 g/mol. The van der Waals surface area contributed by atoms with E-state index in [0.717, 1.165) is 28.4 Å². The third kappa shape index (κ3) is 5.51. The fourth-order valence-electron chi connectivity index (χ4n) is 8.72. The van der Waals surface area contributed by atoms with Crippen LogP contribution in [0.1, 0.15) is 0 Å². The highest BCUT2D eigenvalue weighted by Gasteiger charge is 2.20. The molecule has 0 N–H and O–H groups in total. The van der Waals surface area contributed by atoms with Crippen LogP contribution in [0, 0.1) is 0 Å². The molecule has 0 radical (unpaired) electrons. The van der Waals surface area contributed by atoms with Gasteiger partial charge >= 0.3 is 0 Å². The summed E-state index contributed by atoms with van der Waals surface area (Å²) in [6.45, 7) is 0. The second-order valence-corrected chi connectivity index (χ2v) is 14.6. The zero-order chi connectivity index (χ0) is 37.7. The van der Waals surface area contributed by atoms with Gasteiger partial charge in [-0.1, -0.05) is 133 Å². The molecular formula is C54H37N3. The van der Waals surface area contributed by atoms with Crippen LogP contribution in [0.25, 0.3) is 77.2 Å². The third-order valence-corrected chi connectivity index (χ3v) is 11.3. The van der Waals surface area contributed by atoms with Crippen LogP contribution in [0.5, 0.6) is 0 Å². The maximum absolute atomic E-state index is 2.44. The van der Waals surface area contributed by atoms with Gasteiger partial charge in [-0.15, -0.1) is 0 Å². The molecule has 0 atom stereocenters. The maximum Gasteiger partial charge on any atom is 0.0619 e. The van der Waals surface area contributed by atoms with Crippen molar-refractivity contribution < 1.29 is 0 Å². The fraction of sp³-hybridized carbons (Fsp3) is 0. The SMILES string of the molecule is c1ccc(N(c2ccccc2)c2ccc(-c3cc(-c4ccc(-n5c6ccccc6c6ccccc65)cc4)c4c(c3)c3ccccc3n4-c3ccccc3)cc2)cc1. The molecule has 0 fully saturated rings. The van der Waals surface area contributed by atoms with Crippen LogP contribution in [0.15, 0.2) is 224 Å². The molecule has 0 amide bonds. The number of rotatable bonds is 7. The molecule has 3 nitrogen and oxygen atoms in total. The number of benzene rings is 9. The molecule has 3 heteroatoms. The van der Waals surface area contributed by atoms with E-state index < -0.39 is 0 Å². The van der Waals surface area contributed by atoms with Crippen LogP contribution in [0.4, 0.5) is 17.1 Å². The van der Waals surface area contributed by atoms with Crippen molar-refractivity contribution in [2.75, 3.05) is 4.90 Å². The van der Waals surface area contributed by atoms with Crippen molar-refractivity contribution in [1.82, 2.24) is 9.13 Å². The second-order valence-electron chi connectivity index (χ2n) is 14.6. The Kier molecular flexibility index (Phi) is 7.82. The molecule has 0 bridgehead atoms. The molecule has 9 aromatic carbocycles. The van der Waals surface area contributed by atoms with Crippen LogP contribution >= 0.6 is 0 Å². The van der Waals surface area contributed by atoms with Crippen molar-refractivity contribution in [3.63, 3.8) is 0 Å². The lowest BCUT2D eigenvalue weighted by molar-refractivity contribution is 1.17. The lowest BCUT2D eigenvalue weighted by Crippen LogP contribution is -2.09. The van der Waals surface area contributed by atoms with Gasteiger partial charge in [-0.05, 0) is 108 Å². The Bertz CT molecular complexity index is 3100. The van der Waals surface area contributed by atoms with Crippen LogP contribution < -0.4 is 4.90 Å². The molecule has 2 heterocycles. The van der Waals surface area contributed by atoms with Crippen molar-refractivity contribution in [3.8, 4) is 33.6 Å². The van der Waals surface area contributed by atoms with Crippen LogP contribution in [-0.2, 0) is 0 Å². The molecule has 0 spiro atoms. The van der Waals surface area contributed by atoms with E-state index in [9.17, 15) is 0 Å². The van der Waals surface area contributed by atoms with Gasteiger partial charge in [0.15, 0.2) is 0 Å².